The van der Waals surface area contributed by atoms with Gasteiger partial charge in [0.2, 0.25) is 0 Å². The minimum Gasteiger partial charge on any atom is -0.462 e. The van der Waals surface area contributed by atoms with Crippen LogP contribution in [0.2, 0.25) is 0 Å². The molecule has 1 amide bonds. The lowest BCUT2D eigenvalue weighted by atomic mass is 10.0. The second kappa shape index (κ2) is 35.9. The predicted molar refractivity (Wildman–Crippen MR) is 232 cm³/mol. The van der Waals surface area contributed by atoms with Gasteiger partial charge in [-0.3, -0.25) is 14.4 Å². The van der Waals surface area contributed by atoms with Gasteiger partial charge >= 0.3 is 11.9 Å². The molecule has 54 heavy (non-hydrogen) atoms. The molecule has 0 saturated carbocycles. The summed E-state index contributed by atoms with van der Waals surface area (Å²) in [6.07, 6.45) is 36.3. The molecule has 0 heterocycles. The quantitative estimate of drug-likeness (QED) is 0.0362. The van der Waals surface area contributed by atoms with Gasteiger partial charge in [-0.2, -0.15) is 0 Å². The summed E-state index contributed by atoms with van der Waals surface area (Å²) in [5.41, 5.74) is 1.42. The second-order valence-corrected chi connectivity index (χ2v) is 17.7. The lowest BCUT2D eigenvalue weighted by molar-refractivity contribution is -0.150. The molecule has 6 nitrogen and oxygen atoms in total. The van der Waals surface area contributed by atoms with Gasteiger partial charge in [0.25, 0.3) is 5.24 Å². The van der Waals surface area contributed by atoms with Crippen LogP contribution in [-0.2, 0) is 19.1 Å². The van der Waals surface area contributed by atoms with Gasteiger partial charge in [0.1, 0.15) is 12.2 Å². The molecule has 1 aliphatic carbocycles. The van der Waals surface area contributed by atoms with Crippen LogP contribution in [-0.4, -0.2) is 52.6 Å². The van der Waals surface area contributed by atoms with Gasteiger partial charge < -0.3 is 14.4 Å². The zero-order chi connectivity index (χ0) is 39.5. The molecule has 1 aliphatic rings. The Balaban J connectivity index is 2.75. The molecule has 0 aliphatic heterocycles. The predicted octanol–water partition coefficient (Wildman–Crippen LogP) is 14.9. The van der Waals surface area contributed by atoms with Crippen molar-refractivity contribution in [2.24, 2.45) is 0 Å². The molecule has 0 fully saturated rings. The van der Waals surface area contributed by atoms with Gasteiger partial charge in [0, 0.05) is 31.2 Å². The fraction of sp³-hybridized carbons (Fsp3) is 0.894. The number of nitrogens with zero attached hydrogens (tertiary/aromatic N) is 1. The van der Waals surface area contributed by atoms with Crippen molar-refractivity contribution in [3.8, 4) is 0 Å². The summed E-state index contributed by atoms with van der Waals surface area (Å²) in [5, 5.41) is 0.379. The summed E-state index contributed by atoms with van der Waals surface area (Å²) in [4.78, 5) is 41.9. The highest BCUT2D eigenvalue weighted by atomic mass is 32.2. The maximum atomic E-state index is 13.7. The molecular weight excluding hydrogens is 691 g/mol. The average Bonchev–Trinajstić information content (AvgIpc) is 3.36. The van der Waals surface area contributed by atoms with Crippen LogP contribution in [0.3, 0.4) is 0 Å². The number of rotatable bonds is 35. The van der Waals surface area contributed by atoms with Crippen LogP contribution in [0.25, 0.3) is 0 Å². The normalized spacial score (nSPS) is 14.6. The van der Waals surface area contributed by atoms with Crippen LogP contribution in [0, 0.1) is 0 Å². The third kappa shape index (κ3) is 28.8. The van der Waals surface area contributed by atoms with E-state index in [9.17, 15) is 14.4 Å². The highest BCUT2D eigenvalue weighted by molar-refractivity contribution is 8.14. The first-order chi connectivity index (χ1) is 26.3. The Hall–Kier alpha value is -1.50. The van der Waals surface area contributed by atoms with E-state index in [4.69, 9.17) is 9.47 Å². The number of thioether (sulfide) groups is 1. The van der Waals surface area contributed by atoms with Crippen molar-refractivity contribution in [2.75, 3.05) is 13.1 Å². The summed E-state index contributed by atoms with van der Waals surface area (Å²) in [6.45, 7) is 12.2. The number of esters is 2. The van der Waals surface area contributed by atoms with E-state index >= 15 is 0 Å². The molecule has 1 unspecified atom stereocenters. The molecule has 0 aromatic rings. The molecule has 7 heteroatoms. The number of ether oxygens (including phenoxy) is 2. The van der Waals surface area contributed by atoms with Crippen LogP contribution < -0.4 is 0 Å². The van der Waals surface area contributed by atoms with E-state index in [0.29, 0.717) is 44.0 Å². The van der Waals surface area contributed by atoms with Gasteiger partial charge in [0.15, 0.2) is 0 Å². The zero-order valence-electron chi connectivity index (χ0n) is 36.2. The van der Waals surface area contributed by atoms with Crippen molar-refractivity contribution in [2.45, 2.75) is 258 Å². The highest BCUT2D eigenvalue weighted by Gasteiger charge is 2.23. The molecule has 1 atom stereocenters. The number of carbonyl (C=O) groups excluding carboxylic acids is 3. The Morgan fingerprint density at radius 3 is 1.37 bits per heavy atom. The Bertz CT molecular complexity index is 874. The van der Waals surface area contributed by atoms with Crippen LogP contribution in [0.15, 0.2) is 11.6 Å². The van der Waals surface area contributed by atoms with Gasteiger partial charge in [-0.25, -0.2) is 0 Å². The molecule has 0 bridgehead atoms. The molecule has 0 N–H and O–H groups in total. The van der Waals surface area contributed by atoms with E-state index in [0.717, 1.165) is 77.0 Å². The summed E-state index contributed by atoms with van der Waals surface area (Å²) < 4.78 is 12.2. The fourth-order valence-electron chi connectivity index (χ4n) is 7.52. The Morgan fingerprint density at radius 1 is 0.593 bits per heavy atom. The monoisotopic (exact) mass is 778 g/mol. The van der Waals surface area contributed by atoms with Crippen molar-refractivity contribution >= 4 is 28.9 Å². The standard InChI is InChI=1S/C47H87NO5S/c1-6-10-14-18-22-30-42(31-23-19-15-11-7-2)52-45(49)35-27-39-48(47(51)54-44-34-26-29-41(5)37-38-44)40-28-36-46(50)53-43(32-24-20-16-12-8-3)33-25-21-17-13-9-4/h29,42-44H,6-28,30-40H2,1-5H3. The molecule has 0 saturated heterocycles. The van der Waals surface area contributed by atoms with E-state index < -0.39 is 0 Å². The fourth-order valence-corrected chi connectivity index (χ4v) is 8.63. The molecule has 0 radical (unpaired) electrons. The van der Waals surface area contributed by atoms with Crippen molar-refractivity contribution in [3.63, 3.8) is 0 Å². The molecule has 0 aromatic carbocycles. The lowest BCUT2D eigenvalue weighted by Crippen LogP contribution is -2.32. The van der Waals surface area contributed by atoms with Crippen molar-refractivity contribution in [1.82, 2.24) is 4.90 Å². The summed E-state index contributed by atoms with van der Waals surface area (Å²) in [5.74, 6) is -0.266. The maximum Gasteiger partial charge on any atom is 0.306 e. The lowest BCUT2D eigenvalue weighted by Gasteiger charge is -2.25. The average molecular weight is 778 g/mol. The molecule has 316 valence electrons. The molecule has 1 rings (SSSR count). The van der Waals surface area contributed by atoms with Gasteiger partial charge in [-0.1, -0.05) is 154 Å². The second-order valence-electron chi connectivity index (χ2n) is 16.4. The summed E-state index contributed by atoms with van der Waals surface area (Å²) in [7, 11) is 0. The van der Waals surface area contributed by atoms with Gasteiger partial charge in [-0.15, -0.1) is 0 Å². The first-order valence-corrected chi connectivity index (χ1v) is 24.2. The topological polar surface area (TPSA) is 72.9 Å². The highest BCUT2D eigenvalue weighted by Crippen LogP contribution is 2.29. The number of amides is 1. The maximum absolute atomic E-state index is 13.7. The SMILES string of the molecule is CCCCCCCC(CCCCCCC)OC(=O)CCCN(CCCC(=O)OC(CCCCCCC)CCCCCCC)C(=O)SC1CCC=C(C)CC1. The zero-order valence-corrected chi connectivity index (χ0v) is 37.1. The Morgan fingerprint density at radius 2 is 0.981 bits per heavy atom. The number of allylic oxidation sites excluding steroid dienone is 2. The van der Waals surface area contributed by atoms with Crippen LogP contribution in [0.5, 0.6) is 0 Å². The smallest absolute Gasteiger partial charge is 0.306 e. The Labute approximate surface area is 338 Å². The summed E-state index contributed by atoms with van der Waals surface area (Å²) in [6, 6.07) is 0. The number of carbonyl (C=O) groups is 3. The van der Waals surface area contributed by atoms with Crippen molar-refractivity contribution in [1.29, 1.82) is 0 Å². The first-order valence-electron chi connectivity index (χ1n) is 23.3. The van der Waals surface area contributed by atoms with Crippen molar-refractivity contribution < 1.29 is 23.9 Å². The number of hydrogen-bond donors (Lipinski definition) is 0. The number of hydrogen-bond acceptors (Lipinski definition) is 6. The van der Waals surface area contributed by atoms with Crippen LogP contribution in [0.4, 0.5) is 4.79 Å². The van der Waals surface area contributed by atoms with Crippen molar-refractivity contribution in [3.05, 3.63) is 11.6 Å². The van der Waals surface area contributed by atoms with E-state index in [1.165, 1.54) is 120 Å². The first kappa shape index (κ1) is 50.5. The van der Waals surface area contributed by atoms with Crippen LogP contribution in [0.1, 0.15) is 240 Å². The van der Waals surface area contributed by atoms with E-state index in [1.807, 2.05) is 4.90 Å². The third-order valence-electron chi connectivity index (χ3n) is 11.1. The van der Waals surface area contributed by atoms with E-state index in [2.05, 4.69) is 40.7 Å². The minimum absolute atomic E-state index is 0.00358. The van der Waals surface area contributed by atoms with Gasteiger partial charge in [0.05, 0.1) is 0 Å². The van der Waals surface area contributed by atoms with E-state index in [1.54, 1.807) is 0 Å². The van der Waals surface area contributed by atoms with Gasteiger partial charge in [-0.05, 0) is 96.8 Å². The third-order valence-corrected chi connectivity index (χ3v) is 12.4. The molecule has 0 spiro atoms. The largest absolute Gasteiger partial charge is 0.462 e. The molecular formula is C47H87NO5S. The van der Waals surface area contributed by atoms with E-state index in [-0.39, 0.29) is 29.4 Å². The van der Waals surface area contributed by atoms with Crippen LogP contribution >= 0.6 is 11.8 Å². The number of unbranched alkanes of at least 4 members (excludes halogenated alkanes) is 16. The Kier molecular flexibility index (Phi) is 33.6. The minimum atomic E-state index is -0.133. The summed E-state index contributed by atoms with van der Waals surface area (Å²) >= 11 is 1.46. The molecule has 0 aromatic heterocycles.